The first-order valence-electron chi connectivity index (χ1n) is 12.9. The van der Waals surface area contributed by atoms with Gasteiger partial charge in [-0.1, -0.05) is 0 Å². The smallest absolute Gasteiger partial charge is 0.257 e. The van der Waals surface area contributed by atoms with E-state index in [0.717, 1.165) is 25.0 Å². The molecule has 202 valence electrons. The number of nitrogens with one attached hydrogen (secondary N) is 2. The van der Waals surface area contributed by atoms with Crippen LogP contribution in [0.15, 0.2) is 36.5 Å². The summed E-state index contributed by atoms with van der Waals surface area (Å²) in [5.74, 6) is -2.03. The van der Waals surface area contributed by atoms with E-state index in [4.69, 9.17) is 10.8 Å². The first-order chi connectivity index (χ1) is 19.2. The van der Waals surface area contributed by atoms with E-state index in [1.54, 1.807) is 25.3 Å². The fourth-order valence-electron chi connectivity index (χ4n) is 4.04. The van der Waals surface area contributed by atoms with Gasteiger partial charge >= 0.3 is 0 Å². The molecule has 2 N–H and O–H groups in total. The Balaban J connectivity index is 1.43. The Labute approximate surface area is 223 Å². The minimum absolute atomic E-state index is 0.0108. The number of carbonyl (C=O) groups excluding carboxylic acids is 2. The Morgan fingerprint density at radius 3 is 2.77 bits per heavy atom. The number of hydrogen-bond donors (Lipinski definition) is 2. The van der Waals surface area contributed by atoms with Crippen LogP contribution in [0.5, 0.6) is 11.6 Å². The average Bonchev–Trinajstić information content (AvgIpc) is 3.64. The highest BCUT2D eigenvalue weighted by Crippen LogP contribution is 2.32. The number of hydrogen-bond acceptors (Lipinski definition) is 7. The predicted octanol–water partition coefficient (Wildman–Crippen LogP) is 4.06. The highest BCUT2D eigenvalue weighted by Gasteiger charge is 2.24. The van der Waals surface area contributed by atoms with Gasteiger partial charge < -0.3 is 20.1 Å². The van der Waals surface area contributed by atoms with E-state index >= 15 is 0 Å². The molecule has 12 heteroatoms. The topological polar surface area (TPSA) is 120 Å². The third kappa shape index (κ3) is 5.79. The molecule has 0 spiro atoms. The van der Waals surface area contributed by atoms with Crippen LogP contribution in [0.1, 0.15) is 42.8 Å². The van der Waals surface area contributed by atoms with Gasteiger partial charge in [-0.3, -0.25) is 9.59 Å². The summed E-state index contributed by atoms with van der Waals surface area (Å²) in [6, 6.07) is 6.77. The number of benzene rings is 1. The lowest BCUT2D eigenvalue weighted by molar-refractivity contribution is -0.114. The van der Waals surface area contributed by atoms with Crippen molar-refractivity contribution in [3.8, 4) is 22.9 Å². The molecule has 0 atom stereocenters. The fraction of sp³-hybridized carbons (Fsp3) is 0.296. The molecule has 5 rings (SSSR count). The molecule has 1 aromatic carbocycles. The number of aryl methyl sites for hydroxylation is 1. The predicted molar refractivity (Wildman–Crippen MR) is 138 cm³/mol. The van der Waals surface area contributed by atoms with Crippen LogP contribution in [0, 0.1) is 24.5 Å². The van der Waals surface area contributed by atoms with E-state index in [9.17, 15) is 18.4 Å². The van der Waals surface area contributed by atoms with Crippen molar-refractivity contribution in [2.75, 3.05) is 19.0 Å². The molecule has 4 aromatic rings. The second-order valence-electron chi connectivity index (χ2n) is 9.26. The van der Waals surface area contributed by atoms with Crippen LogP contribution in [-0.4, -0.2) is 45.1 Å². The van der Waals surface area contributed by atoms with Gasteiger partial charge in [-0.05, 0) is 49.9 Å². The number of halogens is 2. The van der Waals surface area contributed by atoms with Gasteiger partial charge in [-0.15, -0.1) is 0 Å². The lowest BCUT2D eigenvalue weighted by Crippen LogP contribution is -2.24. The van der Waals surface area contributed by atoms with Gasteiger partial charge in [0.05, 0.1) is 32.6 Å². The molecule has 1 aliphatic rings. The Kier molecular flexibility index (Phi) is 6.74. The first kappa shape index (κ1) is 24.7. The SMILES string of the molecule is [2H]COc1nc(C)c(-c2ccc3nc(NC(C)=O)cn3n2)cc1C(=O)NCc1cc(F)cc(F)c1OCC1CC1. The summed E-state index contributed by atoms with van der Waals surface area (Å²) < 4.78 is 48.3. The van der Waals surface area contributed by atoms with Crippen molar-refractivity contribution in [2.24, 2.45) is 5.92 Å². The molecule has 0 aliphatic heterocycles. The first-order valence-corrected chi connectivity index (χ1v) is 12.2. The summed E-state index contributed by atoms with van der Waals surface area (Å²) in [5.41, 5.74) is 2.10. The summed E-state index contributed by atoms with van der Waals surface area (Å²) >= 11 is 0. The van der Waals surface area contributed by atoms with E-state index < -0.39 is 24.6 Å². The third-order valence-electron chi connectivity index (χ3n) is 6.14. The number of carbonyl (C=O) groups is 2. The number of pyridine rings is 1. The second kappa shape index (κ2) is 10.6. The molecule has 39 heavy (non-hydrogen) atoms. The van der Waals surface area contributed by atoms with Gasteiger partial charge in [-0.2, -0.15) is 5.10 Å². The number of methoxy groups -OCH3 is 1. The van der Waals surface area contributed by atoms with Crippen LogP contribution in [0.4, 0.5) is 14.6 Å². The molecule has 3 aromatic heterocycles. The van der Waals surface area contributed by atoms with Gasteiger partial charge in [-0.25, -0.2) is 23.3 Å². The Morgan fingerprint density at radius 2 is 2.03 bits per heavy atom. The number of imidazole rings is 1. The van der Waals surface area contributed by atoms with Crippen molar-refractivity contribution < 1.29 is 29.2 Å². The van der Waals surface area contributed by atoms with Crippen LogP contribution < -0.4 is 20.1 Å². The van der Waals surface area contributed by atoms with Gasteiger partial charge in [0.1, 0.15) is 11.4 Å². The molecule has 0 unspecified atom stereocenters. The van der Waals surface area contributed by atoms with E-state index in [-0.39, 0.29) is 35.2 Å². The number of amides is 2. The van der Waals surface area contributed by atoms with Crippen LogP contribution in [-0.2, 0) is 11.3 Å². The summed E-state index contributed by atoms with van der Waals surface area (Å²) in [6.45, 7) is 3.17. The zero-order valence-electron chi connectivity index (χ0n) is 22.3. The number of anilines is 1. The number of aromatic nitrogens is 4. The van der Waals surface area contributed by atoms with Crippen LogP contribution in [0.25, 0.3) is 16.9 Å². The molecule has 10 nitrogen and oxygen atoms in total. The van der Waals surface area contributed by atoms with Gasteiger partial charge in [0.25, 0.3) is 5.91 Å². The van der Waals surface area contributed by atoms with Gasteiger partial charge in [0, 0.05) is 30.7 Å². The second-order valence-corrected chi connectivity index (χ2v) is 9.26. The molecular weight excluding hydrogens is 510 g/mol. The third-order valence-corrected chi connectivity index (χ3v) is 6.14. The highest BCUT2D eigenvalue weighted by molar-refractivity contribution is 5.97. The van der Waals surface area contributed by atoms with Crippen molar-refractivity contribution in [1.29, 1.82) is 0 Å². The maximum Gasteiger partial charge on any atom is 0.257 e. The zero-order chi connectivity index (χ0) is 28.4. The summed E-state index contributed by atoms with van der Waals surface area (Å²) in [5, 5.41) is 9.78. The van der Waals surface area contributed by atoms with Crippen molar-refractivity contribution in [2.45, 2.75) is 33.2 Å². The maximum atomic E-state index is 14.5. The van der Waals surface area contributed by atoms with E-state index in [1.807, 2.05) is 0 Å². The molecule has 0 radical (unpaired) electrons. The minimum atomic E-state index is -0.843. The standard InChI is InChI=1S/C27H26F2N6O4/c1-14-19(22-6-7-24-33-23(32-15(2)36)12-35(24)34-22)10-20(27(31-14)38-3)26(37)30-11-17-8-18(28)9-21(29)25(17)39-13-16-4-5-16/h6-10,12,16H,4-5,11,13H2,1-3H3,(H,30,37)(H,32,36)/i3D. The average molecular weight is 538 g/mol. The normalized spacial score (nSPS) is 13.2. The van der Waals surface area contributed by atoms with Crippen LogP contribution in [0.2, 0.25) is 0 Å². The number of fused-ring (bicyclic) bond motifs is 1. The van der Waals surface area contributed by atoms with Crippen molar-refractivity contribution in [3.05, 3.63) is 65.0 Å². The van der Waals surface area contributed by atoms with Crippen molar-refractivity contribution in [3.63, 3.8) is 0 Å². The molecule has 0 saturated heterocycles. The Bertz CT molecular complexity index is 1610. The van der Waals surface area contributed by atoms with E-state index in [1.165, 1.54) is 17.5 Å². The Morgan fingerprint density at radius 1 is 1.21 bits per heavy atom. The lowest BCUT2D eigenvalue weighted by Gasteiger charge is -2.15. The lowest BCUT2D eigenvalue weighted by atomic mass is 10.1. The van der Waals surface area contributed by atoms with E-state index in [0.29, 0.717) is 40.9 Å². The summed E-state index contributed by atoms with van der Waals surface area (Å²) in [6.07, 6.45) is 3.54. The van der Waals surface area contributed by atoms with Crippen LogP contribution >= 0.6 is 0 Å². The summed E-state index contributed by atoms with van der Waals surface area (Å²) in [7, 11) is -0.481. The van der Waals surface area contributed by atoms with Crippen molar-refractivity contribution in [1.82, 2.24) is 24.9 Å². The molecule has 1 aliphatic carbocycles. The molecule has 0 bridgehead atoms. The summed E-state index contributed by atoms with van der Waals surface area (Å²) in [4.78, 5) is 33.3. The zero-order valence-corrected chi connectivity index (χ0v) is 21.3. The maximum absolute atomic E-state index is 14.5. The van der Waals surface area contributed by atoms with Gasteiger partial charge in [0.2, 0.25) is 11.8 Å². The van der Waals surface area contributed by atoms with Crippen LogP contribution in [0.3, 0.4) is 0 Å². The van der Waals surface area contributed by atoms with E-state index in [2.05, 4.69) is 25.7 Å². The van der Waals surface area contributed by atoms with Gasteiger partial charge in [0.15, 0.2) is 23.0 Å². The Hall–Kier alpha value is -4.61. The number of rotatable bonds is 9. The van der Waals surface area contributed by atoms with Crippen molar-refractivity contribution >= 4 is 23.3 Å². The number of ether oxygens (including phenoxy) is 2. The fourth-order valence-corrected chi connectivity index (χ4v) is 4.04. The minimum Gasteiger partial charge on any atom is -0.490 e. The molecular formula is C27H26F2N6O4. The molecule has 1 fully saturated rings. The monoisotopic (exact) mass is 537 g/mol. The molecule has 2 amide bonds. The number of nitrogens with zero attached hydrogens (tertiary/aromatic N) is 4. The molecule has 1 saturated carbocycles. The largest absolute Gasteiger partial charge is 0.490 e. The highest BCUT2D eigenvalue weighted by atomic mass is 19.1. The quantitative estimate of drug-likeness (QED) is 0.330. The molecule has 3 heterocycles.